The number of oxime groups is 1. The van der Waals surface area contributed by atoms with Gasteiger partial charge in [-0.25, -0.2) is 0 Å². The van der Waals surface area contributed by atoms with Gasteiger partial charge in [0.1, 0.15) is 10.4 Å². The molecule has 110 valence electrons. The third-order valence-electron chi connectivity index (χ3n) is 3.61. The largest absolute Gasteiger partial charge is 0.409 e. The lowest BCUT2D eigenvalue weighted by Crippen LogP contribution is -2.62. The lowest BCUT2D eigenvalue weighted by molar-refractivity contribution is 0.0890. The summed E-state index contributed by atoms with van der Waals surface area (Å²) in [5.74, 6) is -0.144. The standard InChI is InChI=1S/C12H17BrN4O2S/c1-17-5-3-12(4-6-17,11(14)16-19)15-10(18)9-8(13)2-7-20-9/h2,7,19H,3-6H2,1H3,(H2,14,16)(H,15,18). The van der Waals surface area contributed by atoms with E-state index in [1.54, 1.807) is 0 Å². The van der Waals surface area contributed by atoms with Crippen molar-refractivity contribution in [3.63, 3.8) is 0 Å². The van der Waals surface area contributed by atoms with Crippen LogP contribution in [0, 0.1) is 0 Å². The SMILES string of the molecule is CN1CCC(NC(=O)c2sccc2Br)(C(N)=NO)CC1. The van der Waals surface area contributed by atoms with Crippen LogP contribution in [0.4, 0.5) is 0 Å². The monoisotopic (exact) mass is 360 g/mol. The van der Waals surface area contributed by atoms with Gasteiger partial charge < -0.3 is 21.2 Å². The van der Waals surface area contributed by atoms with Gasteiger partial charge in [-0.3, -0.25) is 4.79 Å². The molecule has 1 saturated heterocycles. The zero-order chi connectivity index (χ0) is 14.8. The second-order valence-electron chi connectivity index (χ2n) is 4.92. The second kappa shape index (κ2) is 6.11. The van der Waals surface area contributed by atoms with Gasteiger partial charge in [0.05, 0.1) is 0 Å². The molecule has 0 atom stereocenters. The predicted octanol–water partition coefficient (Wildman–Crippen LogP) is 1.45. The van der Waals surface area contributed by atoms with Crippen LogP contribution in [-0.4, -0.2) is 47.5 Å². The van der Waals surface area contributed by atoms with E-state index >= 15 is 0 Å². The van der Waals surface area contributed by atoms with Crippen molar-refractivity contribution in [3.8, 4) is 0 Å². The molecular formula is C12H17BrN4O2S. The molecule has 1 fully saturated rings. The van der Waals surface area contributed by atoms with Crippen LogP contribution in [0.1, 0.15) is 22.5 Å². The Morgan fingerprint density at radius 1 is 1.60 bits per heavy atom. The first kappa shape index (κ1) is 15.3. The highest BCUT2D eigenvalue weighted by molar-refractivity contribution is 9.10. The van der Waals surface area contributed by atoms with E-state index in [2.05, 4.69) is 31.3 Å². The molecule has 6 nitrogen and oxygen atoms in total. The van der Waals surface area contributed by atoms with Crippen LogP contribution in [0.3, 0.4) is 0 Å². The Bertz CT molecular complexity index is 523. The molecule has 1 aromatic heterocycles. The lowest BCUT2D eigenvalue weighted by atomic mass is 9.86. The van der Waals surface area contributed by atoms with E-state index in [-0.39, 0.29) is 11.7 Å². The molecule has 0 bridgehead atoms. The van der Waals surface area contributed by atoms with Gasteiger partial charge in [-0.1, -0.05) is 5.16 Å². The van der Waals surface area contributed by atoms with Crippen LogP contribution in [-0.2, 0) is 0 Å². The van der Waals surface area contributed by atoms with Gasteiger partial charge in [0.2, 0.25) is 0 Å². The van der Waals surface area contributed by atoms with Crippen molar-refractivity contribution in [3.05, 3.63) is 20.8 Å². The van der Waals surface area contributed by atoms with E-state index in [4.69, 9.17) is 10.9 Å². The molecule has 2 heterocycles. The molecule has 1 aliphatic rings. The van der Waals surface area contributed by atoms with Crippen LogP contribution in [0.25, 0.3) is 0 Å². The molecular weight excluding hydrogens is 344 g/mol. The molecule has 4 N–H and O–H groups in total. The molecule has 20 heavy (non-hydrogen) atoms. The van der Waals surface area contributed by atoms with Gasteiger partial charge in [-0.05, 0) is 47.3 Å². The molecule has 2 rings (SSSR count). The minimum atomic E-state index is -0.776. The number of carbonyl (C=O) groups excluding carboxylic acids is 1. The number of amides is 1. The maximum Gasteiger partial charge on any atom is 0.263 e. The number of halogens is 1. The third kappa shape index (κ3) is 2.97. The summed E-state index contributed by atoms with van der Waals surface area (Å²) in [6.07, 6.45) is 1.24. The number of rotatable bonds is 3. The molecule has 1 amide bonds. The number of nitrogens with two attached hydrogens (primary N) is 1. The van der Waals surface area contributed by atoms with E-state index in [0.29, 0.717) is 17.7 Å². The normalized spacial score (nSPS) is 19.8. The summed E-state index contributed by atoms with van der Waals surface area (Å²) in [5.41, 5.74) is 5.05. The Balaban J connectivity index is 2.21. The van der Waals surface area contributed by atoms with Crippen molar-refractivity contribution in [1.29, 1.82) is 0 Å². The second-order valence-corrected chi connectivity index (χ2v) is 6.69. The fraction of sp³-hybridized carbons (Fsp3) is 0.500. The van der Waals surface area contributed by atoms with Gasteiger partial charge in [-0.2, -0.15) is 0 Å². The maximum atomic E-state index is 12.4. The third-order valence-corrected chi connectivity index (χ3v) is 5.45. The highest BCUT2D eigenvalue weighted by Crippen LogP contribution is 2.26. The number of nitrogens with one attached hydrogen (secondary N) is 1. The van der Waals surface area contributed by atoms with E-state index in [9.17, 15) is 4.79 Å². The summed E-state index contributed by atoms with van der Waals surface area (Å²) in [5, 5.41) is 16.9. The Labute approximate surface area is 129 Å². The summed E-state index contributed by atoms with van der Waals surface area (Å²) >= 11 is 4.70. The van der Waals surface area contributed by atoms with Gasteiger partial charge in [-0.15, -0.1) is 11.3 Å². The quantitative estimate of drug-likeness (QED) is 0.329. The molecule has 0 aliphatic carbocycles. The first-order valence-electron chi connectivity index (χ1n) is 6.20. The fourth-order valence-electron chi connectivity index (χ4n) is 2.27. The number of carbonyl (C=O) groups is 1. The Morgan fingerprint density at radius 3 is 2.75 bits per heavy atom. The number of hydrogen-bond donors (Lipinski definition) is 3. The van der Waals surface area contributed by atoms with Crippen molar-refractivity contribution >= 4 is 39.0 Å². The van der Waals surface area contributed by atoms with E-state index in [0.717, 1.165) is 17.6 Å². The number of nitrogens with zero attached hydrogens (tertiary/aromatic N) is 2. The smallest absolute Gasteiger partial charge is 0.263 e. The predicted molar refractivity (Wildman–Crippen MR) is 82.4 cm³/mol. The Hall–Kier alpha value is -1.12. The first-order valence-corrected chi connectivity index (χ1v) is 7.88. The van der Waals surface area contributed by atoms with Crippen molar-refractivity contribution in [1.82, 2.24) is 10.2 Å². The lowest BCUT2D eigenvalue weighted by Gasteiger charge is -2.40. The summed E-state index contributed by atoms with van der Waals surface area (Å²) in [4.78, 5) is 15.1. The molecule has 1 aliphatic heterocycles. The molecule has 0 saturated carbocycles. The molecule has 0 unspecified atom stereocenters. The number of amidine groups is 1. The van der Waals surface area contributed by atoms with Crippen LogP contribution in [0.2, 0.25) is 0 Å². The minimum Gasteiger partial charge on any atom is -0.409 e. The Morgan fingerprint density at radius 2 is 2.25 bits per heavy atom. The Kier molecular flexibility index (Phi) is 4.66. The van der Waals surface area contributed by atoms with Gasteiger partial charge in [0, 0.05) is 17.6 Å². The molecule has 1 aromatic rings. The summed E-state index contributed by atoms with van der Waals surface area (Å²) < 4.78 is 0.752. The average molecular weight is 361 g/mol. The molecule has 0 aromatic carbocycles. The summed E-state index contributed by atoms with van der Waals surface area (Å²) in [6, 6.07) is 1.82. The van der Waals surface area contributed by atoms with E-state index in [1.165, 1.54) is 11.3 Å². The summed E-state index contributed by atoms with van der Waals surface area (Å²) in [6.45, 7) is 1.56. The first-order chi connectivity index (χ1) is 9.48. The van der Waals surface area contributed by atoms with Crippen LogP contribution in [0.5, 0.6) is 0 Å². The highest BCUT2D eigenvalue weighted by Gasteiger charge is 2.40. The van der Waals surface area contributed by atoms with Gasteiger partial charge >= 0.3 is 0 Å². The van der Waals surface area contributed by atoms with Crippen molar-refractivity contribution in [2.45, 2.75) is 18.4 Å². The van der Waals surface area contributed by atoms with E-state index in [1.807, 2.05) is 18.5 Å². The minimum absolute atomic E-state index is 0.0617. The van der Waals surface area contributed by atoms with Crippen molar-refractivity contribution < 1.29 is 10.0 Å². The maximum absolute atomic E-state index is 12.4. The van der Waals surface area contributed by atoms with Gasteiger partial charge in [0.15, 0.2) is 5.84 Å². The van der Waals surface area contributed by atoms with Crippen molar-refractivity contribution in [2.75, 3.05) is 20.1 Å². The van der Waals surface area contributed by atoms with Crippen LogP contribution < -0.4 is 11.1 Å². The molecule has 0 spiro atoms. The number of hydrogen-bond acceptors (Lipinski definition) is 5. The highest BCUT2D eigenvalue weighted by atomic mass is 79.9. The number of piperidine rings is 1. The summed E-state index contributed by atoms with van der Waals surface area (Å²) in [7, 11) is 2.01. The van der Waals surface area contributed by atoms with Gasteiger partial charge in [0.25, 0.3) is 5.91 Å². The van der Waals surface area contributed by atoms with E-state index < -0.39 is 5.54 Å². The van der Waals surface area contributed by atoms with Crippen molar-refractivity contribution in [2.24, 2.45) is 10.9 Å². The average Bonchev–Trinajstić information content (AvgIpc) is 2.87. The zero-order valence-electron chi connectivity index (χ0n) is 11.1. The topological polar surface area (TPSA) is 91.0 Å². The molecule has 8 heteroatoms. The fourth-order valence-corrected chi connectivity index (χ4v) is 3.72. The molecule has 0 radical (unpaired) electrons. The number of thiophene rings is 1. The number of likely N-dealkylation sites (tertiary alicyclic amines) is 1. The zero-order valence-corrected chi connectivity index (χ0v) is 13.5. The van der Waals surface area contributed by atoms with Crippen LogP contribution >= 0.6 is 27.3 Å². The van der Waals surface area contributed by atoms with Crippen LogP contribution in [0.15, 0.2) is 21.1 Å².